The van der Waals surface area contributed by atoms with Crippen LogP contribution in [0.2, 0.25) is 0 Å². The Hall–Kier alpha value is -1.06. The van der Waals surface area contributed by atoms with Crippen molar-refractivity contribution in [2.24, 2.45) is 0 Å². The van der Waals surface area contributed by atoms with Crippen LogP contribution in [0.25, 0.3) is 0 Å². The summed E-state index contributed by atoms with van der Waals surface area (Å²) in [6, 6.07) is 9.12. The fourth-order valence-electron chi connectivity index (χ4n) is 3.05. The summed E-state index contributed by atoms with van der Waals surface area (Å²) in [5, 5.41) is 9.34. The SMILES string of the molecule is CCc1ccccc1N1CCCN(C)CC1CCO. The average molecular weight is 262 g/mol. The summed E-state index contributed by atoms with van der Waals surface area (Å²) in [6.07, 6.45) is 3.10. The van der Waals surface area contributed by atoms with Gasteiger partial charge in [-0.05, 0) is 44.5 Å². The molecule has 2 rings (SSSR count). The van der Waals surface area contributed by atoms with Gasteiger partial charge in [0.25, 0.3) is 0 Å². The second-order valence-electron chi connectivity index (χ2n) is 5.46. The first-order chi connectivity index (χ1) is 9.26. The molecule has 1 saturated heterocycles. The predicted octanol–water partition coefficient (Wildman–Crippen LogP) is 2.14. The number of rotatable bonds is 4. The Bertz CT molecular complexity index is 394. The third-order valence-electron chi connectivity index (χ3n) is 4.05. The molecule has 1 aliphatic heterocycles. The minimum Gasteiger partial charge on any atom is -0.396 e. The van der Waals surface area contributed by atoms with Crippen molar-refractivity contribution in [3.63, 3.8) is 0 Å². The van der Waals surface area contributed by atoms with E-state index >= 15 is 0 Å². The number of hydrogen-bond donors (Lipinski definition) is 1. The molecule has 0 spiro atoms. The lowest BCUT2D eigenvalue weighted by Gasteiger charge is -2.34. The second-order valence-corrected chi connectivity index (χ2v) is 5.46. The summed E-state index contributed by atoms with van der Waals surface area (Å²) < 4.78 is 0. The molecule has 3 nitrogen and oxygen atoms in total. The van der Waals surface area contributed by atoms with Crippen LogP contribution in [0.15, 0.2) is 24.3 Å². The zero-order chi connectivity index (χ0) is 13.7. The number of para-hydroxylation sites is 1. The van der Waals surface area contributed by atoms with E-state index in [1.807, 2.05) is 0 Å². The molecule has 1 unspecified atom stereocenters. The summed E-state index contributed by atoms with van der Waals surface area (Å²) in [5.41, 5.74) is 2.77. The van der Waals surface area contributed by atoms with Gasteiger partial charge in [0.2, 0.25) is 0 Å². The number of hydrogen-bond acceptors (Lipinski definition) is 3. The van der Waals surface area contributed by atoms with Gasteiger partial charge in [-0.1, -0.05) is 25.1 Å². The summed E-state index contributed by atoms with van der Waals surface area (Å²) in [6.45, 7) is 5.75. The number of aryl methyl sites for hydroxylation is 1. The molecule has 3 heteroatoms. The van der Waals surface area contributed by atoms with Gasteiger partial charge in [0.05, 0.1) is 0 Å². The van der Waals surface area contributed by atoms with Gasteiger partial charge in [-0.3, -0.25) is 0 Å². The Morgan fingerprint density at radius 1 is 1.26 bits per heavy atom. The van der Waals surface area contributed by atoms with Gasteiger partial charge in [-0.25, -0.2) is 0 Å². The molecular formula is C16H26N2O. The van der Waals surface area contributed by atoms with E-state index in [-0.39, 0.29) is 6.61 Å². The van der Waals surface area contributed by atoms with Crippen LogP contribution in [0.4, 0.5) is 5.69 Å². The number of likely N-dealkylation sites (N-methyl/N-ethyl adjacent to an activating group) is 1. The monoisotopic (exact) mass is 262 g/mol. The van der Waals surface area contributed by atoms with Gasteiger partial charge >= 0.3 is 0 Å². The second kappa shape index (κ2) is 6.92. The van der Waals surface area contributed by atoms with Crippen LogP contribution >= 0.6 is 0 Å². The summed E-state index contributed by atoms with van der Waals surface area (Å²) in [7, 11) is 2.18. The van der Waals surface area contributed by atoms with Gasteiger partial charge in [-0.15, -0.1) is 0 Å². The lowest BCUT2D eigenvalue weighted by atomic mass is 10.1. The maximum Gasteiger partial charge on any atom is 0.0451 e. The van der Waals surface area contributed by atoms with Gasteiger partial charge in [0.15, 0.2) is 0 Å². The molecule has 0 radical (unpaired) electrons. The molecule has 106 valence electrons. The van der Waals surface area contributed by atoms with Crippen LogP contribution in [0, 0.1) is 0 Å². The zero-order valence-corrected chi connectivity index (χ0v) is 12.2. The number of aliphatic hydroxyl groups excluding tert-OH is 1. The third-order valence-corrected chi connectivity index (χ3v) is 4.05. The average Bonchev–Trinajstić information content (AvgIpc) is 2.60. The predicted molar refractivity (Wildman–Crippen MR) is 80.8 cm³/mol. The van der Waals surface area contributed by atoms with E-state index in [2.05, 4.69) is 48.0 Å². The van der Waals surface area contributed by atoms with E-state index in [4.69, 9.17) is 0 Å². The van der Waals surface area contributed by atoms with Crippen molar-refractivity contribution >= 4 is 5.69 Å². The Labute approximate surface area is 116 Å². The van der Waals surface area contributed by atoms with Crippen LogP contribution in [0.3, 0.4) is 0 Å². The minimum absolute atomic E-state index is 0.267. The Morgan fingerprint density at radius 3 is 2.79 bits per heavy atom. The molecule has 1 aliphatic rings. The van der Waals surface area contributed by atoms with Gasteiger partial charge in [-0.2, -0.15) is 0 Å². The molecule has 0 aliphatic carbocycles. The van der Waals surface area contributed by atoms with E-state index in [0.717, 1.165) is 32.5 Å². The standard InChI is InChI=1S/C16H26N2O/c1-3-14-7-4-5-8-16(14)18-11-6-10-17(2)13-15(18)9-12-19/h4-5,7-8,15,19H,3,6,9-13H2,1-2H3. The first-order valence-corrected chi connectivity index (χ1v) is 7.40. The van der Waals surface area contributed by atoms with Crippen molar-refractivity contribution < 1.29 is 5.11 Å². The number of benzene rings is 1. The molecule has 1 aromatic carbocycles. The zero-order valence-electron chi connectivity index (χ0n) is 12.2. The number of nitrogens with zero attached hydrogens (tertiary/aromatic N) is 2. The fraction of sp³-hybridized carbons (Fsp3) is 0.625. The van der Waals surface area contributed by atoms with Crippen LogP contribution in [0.5, 0.6) is 0 Å². The van der Waals surface area contributed by atoms with Crippen molar-refractivity contribution in [3.05, 3.63) is 29.8 Å². The molecule has 1 aromatic rings. The van der Waals surface area contributed by atoms with E-state index in [9.17, 15) is 5.11 Å². The first kappa shape index (κ1) is 14.4. The topological polar surface area (TPSA) is 26.7 Å². The number of aliphatic hydroxyl groups is 1. The minimum atomic E-state index is 0.267. The number of anilines is 1. The van der Waals surface area contributed by atoms with E-state index < -0.39 is 0 Å². The van der Waals surface area contributed by atoms with Crippen molar-refractivity contribution in [1.82, 2.24) is 4.90 Å². The quantitative estimate of drug-likeness (QED) is 0.900. The summed E-state index contributed by atoms with van der Waals surface area (Å²) in [5.74, 6) is 0. The normalized spacial score (nSPS) is 21.4. The summed E-state index contributed by atoms with van der Waals surface area (Å²) in [4.78, 5) is 4.90. The third kappa shape index (κ3) is 3.48. The maximum absolute atomic E-state index is 9.34. The Morgan fingerprint density at radius 2 is 2.05 bits per heavy atom. The lowest BCUT2D eigenvalue weighted by Crippen LogP contribution is -2.41. The Kier molecular flexibility index (Phi) is 5.23. The molecule has 0 bridgehead atoms. The largest absolute Gasteiger partial charge is 0.396 e. The molecule has 1 fully saturated rings. The van der Waals surface area contributed by atoms with E-state index in [1.54, 1.807) is 0 Å². The molecule has 1 atom stereocenters. The van der Waals surface area contributed by atoms with Crippen LogP contribution in [-0.2, 0) is 6.42 Å². The first-order valence-electron chi connectivity index (χ1n) is 7.40. The molecule has 1 N–H and O–H groups in total. The Balaban J connectivity index is 2.27. The molecule has 0 amide bonds. The lowest BCUT2D eigenvalue weighted by molar-refractivity contribution is 0.253. The smallest absolute Gasteiger partial charge is 0.0451 e. The molecule has 19 heavy (non-hydrogen) atoms. The molecule has 0 saturated carbocycles. The molecular weight excluding hydrogens is 236 g/mol. The molecule has 1 heterocycles. The van der Waals surface area contributed by atoms with Crippen molar-refractivity contribution in [2.45, 2.75) is 32.2 Å². The maximum atomic E-state index is 9.34. The van der Waals surface area contributed by atoms with Gasteiger partial charge < -0.3 is 14.9 Å². The van der Waals surface area contributed by atoms with E-state index in [0.29, 0.717) is 6.04 Å². The highest BCUT2D eigenvalue weighted by atomic mass is 16.3. The van der Waals surface area contributed by atoms with Crippen LogP contribution < -0.4 is 4.90 Å². The van der Waals surface area contributed by atoms with E-state index in [1.165, 1.54) is 17.7 Å². The van der Waals surface area contributed by atoms with Gasteiger partial charge in [0, 0.05) is 31.4 Å². The van der Waals surface area contributed by atoms with Crippen molar-refractivity contribution in [3.8, 4) is 0 Å². The molecule has 0 aromatic heterocycles. The highest BCUT2D eigenvalue weighted by Gasteiger charge is 2.24. The van der Waals surface area contributed by atoms with Crippen molar-refractivity contribution in [1.29, 1.82) is 0 Å². The highest BCUT2D eigenvalue weighted by molar-refractivity contribution is 5.54. The summed E-state index contributed by atoms with van der Waals surface area (Å²) >= 11 is 0. The van der Waals surface area contributed by atoms with Crippen LogP contribution in [-0.4, -0.2) is 49.3 Å². The van der Waals surface area contributed by atoms with Crippen LogP contribution in [0.1, 0.15) is 25.3 Å². The highest BCUT2D eigenvalue weighted by Crippen LogP contribution is 2.26. The fourth-order valence-corrected chi connectivity index (χ4v) is 3.05. The van der Waals surface area contributed by atoms with Crippen molar-refractivity contribution in [2.75, 3.05) is 38.2 Å². The van der Waals surface area contributed by atoms with Gasteiger partial charge in [0.1, 0.15) is 0 Å².